The average Bonchev–Trinajstić information content (AvgIpc) is 2.84. The Morgan fingerprint density at radius 2 is 1.69 bits per heavy atom. The second-order valence-corrected chi connectivity index (χ2v) is 7.83. The third-order valence-electron chi connectivity index (χ3n) is 5.08. The van der Waals surface area contributed by atoms with E-state index in [0.29, 0.717) is 11.5 Å². The highest BCUT2D eigenvalue weighted by Crippen LogP contribution is 2.30. The molecule has 0 aromatic rings. The van der Waals surface area contributed by atoms with Crippen LogP contribution in [0.5, 0.6) is 0 Å². The second kappa shape index (κ2) is 7.37. The van der Waals surface area contributed by atoms with Gasteiger partial charge < -0.3 is 4.90 Å². The van der Waals surface area contributed by atoms with E-state index in [2.05, 4.69) is 15.1 Å². The van der Waals surface area contributed by atoms with Crippen LogP contribution in [0, 0.1) is 5.92 Å². The molecule has 26 heavy (non-hydrogen) atoms. The van der Waals surface area contributed by atoms with Crippen molar-refractivity contribution in [1.29, 1.82) is 0 Å². The number of nitrogens with zero attached hydrogens (tertiary/aromatic N) is 2. The molecule has 4 amide bonds. The van der Waals surface area contributed by atoms with Crippen LogP contribution in [0.4, 0.5) is 4.79 Å². The van der Waals surface area contributed by atoms with Crippen molar-refractivity contribution < 1.29 is 31.6 Å². The molecule has 3 fully saturated rings. The normalized spacial score (nSPS) is 26.7. The number of hydrazine groups is 1. The van der Waals surface area contributed by atoms with Gasteiger partial charge in [-0.15, -0.1) is 4.28 Å². The van der Waals surface area contributed by atoms with Crippen molar-refractivity contribution in [2.75, 3.05) is 6.54 Å². The minimum atomic E-state index is -4.83. The first-order valence-electron chi connectivity index (χ1n) is 8.63. The number of amides is 4. The van der Waals surface area contributed by atoms with E-state index in [1.165, 1.54) is 4.90 Å². The van der Waals surface area contributed by atoms with Gasteiger partial charge in [0.2, 0.25) is 5.91 Å². The summed E-state index contributed by atoms with van der Waals surface area (Å²) in [6.45, 7) is 0.100. The highest BCUT2D eigenvalue weighted by atomic mass is 32.3. The molecule has 0 aromatic heterocycles. The fourth-order valence-corrected chi connectivity index (χ4v) is 4.17. The quantitative estimate of drug-likeness (QED) is 0.442. The molecule has 2 bridgehead atoms. The van der Waals surface area contributed by atoms with Gasteiger partial charge in [-0.05, 0) is 25.7 Å². The number of hydrogen-bond acceptors (Lipinski definition) is 6. The molecule has 2 aliphatic heterocycles. The number of urea groups is 1. The molecule has 3 aliphatic rings. The van der Waals surface area contributed by atoms with E-state index in [9.17, 15) is 22.8 Å². The molecule has 12 heteroatoms. The predicted molar refractivity (Wildman–Crippen MR) is 86.2 cm³/mol. The molecule has 3 N–H and O–H groups in total. The molecule has 1 saturated carbocycles. The number of carbonyl (C=O) groups excluding carboxylic acids is 3. The maximum atomic E-state index is 12.4. The van der Waals surface area contributed by atoms with Crippen molar-refractivity contribution in [1.82, 2.24) is 20.8 Å². The van der Waals surface area contributed by atoms with Crippen LogP contribution in [-0.2, 0) is 24.3 Å². The number of hydroxylamine groups is 2. The molecule has 11 nitrogen and oxygen atoms in total. The van der Waals surface area contributed by atoms with Gasteiger partial charge in [0.25, 0.3) is 5.91 Å². The Hall–Kier alpha value is -1.92. The zero-order chi connectivity index (χ0) is 18.9. The second-order valence-electron chi connectivity index (χ2n) is 6.82. The Morgan fingerprint density at radius 3 is 2.35 bits per heavy atom. The molecule has 146 valence electrons. The van der Waals surface area contributed by atoms with Crippen LogP contribution in [0.3, 0.4) is 0 Å². The number of nitrogens with one attached hydrogen (secondary N) is 2. The SMILES string of the molecule is O=C(NNC(=O)[C@@H]1CC[C@@H]2CN1C(=O)N2OS(=O)(=O)O)C1CCCCC1. The third kappa shape index (κ3) is 4.07. The zero-order valence-electron chi connectivity index (χ0n) is 14.1. The number of fused-ring (bicyclic) bond motifs is 2. The van der Waals surface area contributed by atoms with E-state index < -0.39 is 34.4 Å². The largest absolute Gasteiger partial charge is 0.418 e. The van der Waals surface area contributed by atoms with Gasteiger partial charge in [-0.25, -0.2) is 4.79 Å². The summed E-state index contributed by atoms with van der Waals surface area (Å²) in [6, 6.07) is -2.23. The van der Waals surface area contributed by atoms with Gasteiger partial charge in [0.15, 0.2) is 0 Å². The molecule has 2 saturated heterocycles. The van der Waals surface area contributed by atoms with Gasteiger partial charge in [0.05, 0.1) is 6.04 Å². The minimum Gasteiger partial charge on any atom is -0.309 e. The van der Waals surface area contributed by atoms with E-state index in [-0.39, 0.29) is 24.8 Å². The summed E-state index contributed by atoms with van der Waals surface area (Å²) in [7, 11) is -4.83. The van der Waals surface area contributed by atoms with Gasteiger partial charge in [-0.1, -0.05) is 19.3 Å². The van der Waals surface area contributed by atoms with Crippen molar-refractivity contribution in [3.63, 3.8) is 0 Å². The molecular formula is C14H22N4O7S. The molecule has 2 heterocycles. The van der Waals surface area contributed by atoms with Crippen molar-refractivity contribution >= 4 is 28.2 Å². The van der Waals surface area contributed by atoms with Gasteiger partial charge in [-0.3, -0.25) is 25.0 Å². The van der Waals surface area contributed by atoms with Crippen LogP contribution < -0.4 is 10.9 Å². The molecular weight excluding hydrogens is 368 g/mol. The Morgan fingerprint density at radius 1 is 1.04 bits per heavy atom. The summed E-state index contributed by atoms with van der Waals surface area (Å²) in [5.74, 6) is -0.905. The minimum absolute atomic E-state index is 0.100. The lowest BCUT2D eigenvalue weighted by Crippen LogP contribution is -2.55. The molecule has 0 spiro atoms. The van der Waals surface area contributed by atoms with Crippen LogP contribution in [-0.4, -0.2) is 59.4 Å². The summed E-state index contributed by atoms with van der Waals surface area (Å²) in [6.07, 6.45) is 5.28. The van der Waals surface area contributed by atoms with Crippen LogP contribution in [0.1, 0.15) is 44.9 Å². The summed E-state index contributed by atoms with van der Waals surface area (Å²) in [5.41, 5.74) is 4.77. The van der Waals surface area contributed by atoms with Crippen molar-refractivity contribution in [3.05, 3.63) is 0 Å². The van der Waals surface area contributed by atoms with Gasteiger partial charge in [0.1, 0.15) is 6.04 Å². The first kappa shape index (κ1) is 18.9. The topological polar surface area (TPSA) is 145 Å². The van der Waals surface area contributed by atoms with E-state index in [4.69, 9.17) is 4.55 Å². The first-order valence-corrected chi connectivity index (χ1v) is 9.99. The van der Waals surface area contributed by atoms with E-state index in [1.807, 2.05) is 0 Å². The van der Waals surface area contributed by atoms with Crippen molar-refractivity contribution in [2.24, 2.45) is 5.92 Å². The van der Waals surface area contributed by atoms with Gasteiger partial charge in [-0.2, -0.15) is 13.5 Å². The van der Waals surface area contributed by atoms with Crippen LogP contribution in [0.2, 0.25) is 0 Å². The molecule has 0 aromatic carbocycles. The smallest absolute Gasteiger partial charge is 0.309 e. The lowest BCUT2D eigenvalue weighted by atomic mass is 9.89. The first-order chi connectivity index (χ1) is 12.3. The molecule has 0 unspecified atom stereocenters. The number of carbonyl (C=O) groups is 3. The lowest BCUT2D eigenvalue weighted by molar-refractivity contribution is -0.134. The van der Waals surface area contributed by atoms with Crippen LogP contribution >= 0.6 is 0 Å². The van der Waals surface area contributed by atoms with Crippen molar-refractivity contribution in [3.8, 4) is 0 Å². The fourth-order valence-electron chi connectivity index (χ4n) is 3.78. The molecule has 2 atom stereocenters. The maximum absolute atomic E-state index is 12.4. The van der Waals surface area contributed by atoms with Crippen LogP contribution in [0.25, 0.3) is 0 Å². The van der Waals surface area contributed by atoms with E-state index >= 15 is 0 Å². The number of piperidine rings is 1. The van der Waals surface area contributed by atoms with Gasteiger partial charge >= 0.3 is 16.4 Å². The third-order valence-corrected chi connectivity index (χ3v) is 5.43. The van der Waals surface area contributed by atoms with Crippen LogP contribution in [0.15, 0.2) is 0 Å². The molecule has 0 radical (unpaired) electrons. The highest BCUT2D eigenvalue weighted by Gasteiger charge is 2.49. The Kier molecular flexibility index (Phi) is 5.34. The van der Waals surface area contributed by atoms with Crippen molar-refractivity contribution in [2.45, 2.75) is 57.0 Å². The number of hydrogen-bond donors (Lipinski definition) is 3. The lowest BCUT2D eigenvalue weighted by Gasteiger charge is -2.29. The van der Waals surface area contributed by atoms with E-state index in [0.717, 1.165) is 32.1 Å². The Balaban J connectivity index is 1.56. The number of rotatable bonds is 4. The van der Waals surface area contributed by atoms with E-state index in [1.54, 1.807) is 0 Å². The monoisotopic (exact) mass is 390 g/mol. The Labute approximate surface area is 150 Å². The molecule has 1 aliphatic carbocycles. The predicted octanol–water partition coefficient (Wildman–Crippen LogP) is -0.283. The summed E-state index contributed by atoms with van der Waals surface area (Å²) in [4.78, 5) is 37.9. The summed E-state index contributed by atoms with van der Waals surface area (Å²) in [5, 5.41) is 0.573. The summed E-state index contributed by atoms with van der Waals surface area (Å²) < 4.78 is 34.8. The molecule has 3 rings (SSSR count). The standard InChI is InChI=1S/C14H22N4O7S/c19-12(9-4-2-1-3-5-9)15-16-13(20)11-7-6-10-8-17(11)14(21)18(10)25-26(22,23)24/h9-11H,1-8H2,(H,15,19)(H,16,20)(H,22,23,24)/t10-,11+/m1/s1. The zero-order valence-corrected chi connectivity index (χ0v) is 14.9. The van der Waals surface area contributed by atoms with Gasteiger partial charge in [0, 0.05) is 12.5 Å². The summed E-state index contributed by atoms with van der Waals surface area (Å²) >= 11 is 0. The Bertz CT molecular complexity index is 691. The average molecular weight is 390 g/mol. The maximum Gasteiger partial charge on any atom is 0.418 e. The fraction of sp³-hybridized carbons (Fsp3) is 0.786. The highest BCUT2D eigenvalue weighted by molar-refractivity contribution is 7.80.